The fourth-order valence-electron chi connectivity index (χ4n) is 1.56. The number of halogens is 4. The van der Waals surface area contributed by atoms with E-state index in [0.717, 1.165) is 12.3 Å². The van der Waals surface area contributed by atoms with Crippen LogP contribution in [-0.2, 0) is 6.18 Å². The second kappa shape index (κ2) is 5.72. The van der Waals surface area contributed by atoms with Crippen molar-refractivity contribution < 1.29 is 23.1 Å². The molecule has 21 heavy (non-hydrogen) atoms. The Hall–Kier alpha value is -2.09. The highest BCUT2D eigenvalue weighted by Crippen LogP contribution is 2.36. The van der Waals surface area contributed by atoms with Gasteiger partial charge in [-0.2, -0.15) is 13.2 Å². The lowest BCUT2D eigenvalue weighted by Gasteiger charge is -2.12. The quantitative estimate of drug-likeness (QED) is 0.856. The number of carboxylic acid groups (broad SMARTS) is 1. The summed E-state index contributed by atoms with van der Waals surface area (Å²) in [6, 6.07) is 6.35. The average molecular weight is 361 g/mol. The maximum absolute atomic E-state index is 12.8. The molecular formula is C13H8BrF3N2O2. The van der Waals surface area contributed by atoms with Crippen molar-refractivity contribution >= 4 is 33.4 Å². The Bertz CT molecular complexity index is 672. The molecule has 1 heterocycles. The largest absolute Gasteiger partial charge is 0.478 e. The van der Waals surface area contributed by atoms with Crippen molar-refractivity contribution in [2.24, 2.45) is 0 Å². The Balaban J connectivity index is 2.26. The van der Waals surface area contributed by atoms with Crippen molar-refractivity contribution in [2.45, 2.75) is 6.18 Å². The van der Waals surface area contributed by atoms with Crippen LogP contribution in [0.15, 0.2) is 41.0 Å². The molecule has 0 aliphatic heterocycles. The second-order valence-corrected chi connectivity index (χ2v) is 4.91. The molecule has 0 radical (unpaired) electrons. The number of carboxylic acids is 1. The van der Waals surface area contributed by atoms with Crippen molar-refractivity contribution in [3.8, 4) is 0 Å². The van der Waals surface area contributed by atoms with Gasteiger partial charge in [0.15, 0.2) is 0 Å². The topological polar surface area (TPSA) is 62.2 Å². The van der Waals surface area contributed by atoms with Gasteiger partial charge in [0.25, 0.3) is 0 Å². The number of hydrogen-bond donors (Lipinski definition) is 2. The van der Waals surface area contributed by atoms with Crippen LogP contribution in [0.2, 0.25) is 0 Å². The molecule has 110 valence electrons. The Morgan fingerprint density at radius 3 is 2.48 bits per heavy atom. The maximum atomic E-state index is 12.8. The molecule has 8 heteroatoms. The summed E-state index contributed by atoms with van der Waals surface area (Å²) in [7, 11) is 0. The van der Waals surface area contributed by atoms with Gasteiger partial charge >= 0.3 is 12.1 Å². The number of rotatable bonds is 3. The Kier molecular flexibility index (Phi) is 4.17. The molecule has 4 nitrogen and oxygen atoms in total. The summed E-state index contributed by atoms with van der Waals surface area (Å²) in [5.74, 6) is -0.882. The molecule has 0 amide bonds. The molecule has 0 aliphatic rings. The van der Waals surface area contributed by atoms with E-state index >= 15 is 0 Å². The van der Waals surface area contributed by atoms with E-state index in [2.05, 4.69) is 26.2 Å². The molecule has 0 fully saturated rings. The van der Waals surface area contributed by atoms with Gasteiger partial charge in [-0.3, -0.25) is 0 Å². The van der Waals surface area contributed by atoms with Gasteiger partial charge in [0, 0.05) is 16.4 Å². The van der Waals surface area contributed by atoms with Gasteiger partial charge in [-0.1, -0.05) is 15.9 Å². The number of aromatic nitrogens is 1. The Morgan fingerprint density at radius 2 is 1.95 bits per heavy atom. The second-order valence-electron chi connectivity index (χ2n) is 4.05. The number of carbonyl (C=O) groups is 1. The first kappa shape index (κ1) is 15.3. The minimum absolute atomic E-state index is 0.00710. The molecule has 0 atom stereocenters. The SMILES string of the molecule is O=C(O)c1ccc(Nc2ccc(Br)c(C(F)(F)F)c2)nc1. The summed E-state index contributed by atoms with van der Waals surface area (Å²) in [5.41, 5.74) is -0.622. The standard InChI is InChI=1S/C13H8BrF3N2O2/c14-10-3-2-8(5-9(10)13(15,16)17)19-11-4-1-7(6-18-11)12(20)21/h1-6H,(H,18,19)(H,20,21). The molecule has 0 spiro atoms. The normalized spacial score (nSPS) is 11.2. The lowest BCUT2D eigenvalue weighted by molar-refractivity contribution is -0.138. The van der Waals surface area contributed by atoms with Gasteiger partial charge in [-0.15, -0.1) is 0 Å². The third kappa shape index (κ3) is 3.72. The van der Waals surface area contributed by atoms with E-state index < -0.39 is 17.7 Å². The van der Waals surface area contributed by atoms with Gasteiger partial charge in [0.1, 0.15) is 5.82 Å². The van der Waals surface area contributed by atoms with Gasteiger partial charge in [-0.05, 0) is 30.3 Å². The number of pyridine rings is 1. The maximum Gasteiger partial charge on any atom is 0.417 e. The van der Waals surface area contributed by atoms with E-state index in [1.54, 1.807) is 0 Å². The van der Waals surface area contributed by atoms with Crippen molar-refractivity contribution in [1.29, 1.82) is 0 Å². The Morgan fingerprint density at radius 1 is 1.24 bits per heavy atom. The molecule has 2 aromatic rings. The van der Waals surface area contributed by atoms with Crippen LogP contribution in [0.5, 0.6) is 0 Å². The smallest absolute Gasteiger partial charge is 0.417 e. The molecule has 0 bridgehead atoms. The fourth-order valence-corrected chi connectivity index (χ4v) is 2.03. The number of anilines is 2. The first-order valence-electron chi connectivity index (χ1n) is 5.60. The van der Waals surface area contributed by atoms with Crippen molar-refractivity contribution in [1.82, 2.24) is 4.98 Å². The van der Waals surface area contributed by atoms with Gasteiger partial charge < -0.3 is 10.4 Å². The summed E-state index contributed by atoms with van der Waals surface area (Å²) in [6.07, 6.45) is -3.36. The molecule has 0 saturated carbocycles. The molecule has 2 rings (SSSR count). The number of nitrogens with zero attached hydrogens (tertiary/aromatic N) is 1. The highest BCUT2D eigenvalue weighted by atomic mass is 79.9. The summed E-state index contributed by atoms with van der Waals surface area (Å²) in [6.45, 7) is 0. The van der Waals surface area contributed by atoms with Gasteiger partial charge in [0.05, 0.1) is 11.1 Å². The summed E-state index contributed by atoms with van der Waals surface area (Å²) >= 11 is 2.85. The van der Waals surface area contributed by atoms with E-state index in [1.807, 2.05) is 0 Å². The van der Waals surface area contributed by atoms with E-state index in [4.69, 9.17) is 5.11 Å². The monoisotopic (exact) mass is 360 g/mol. The minimum atomic E-state index is -4.48. The zero-order valence-electron chi connectivity index (χ0n) is 10.3. The van der Waals surface area contributed by atoms with E-state index in [1.165, 1.54) is 24.3 Å². The van der Waals surface area contributed by atoms with Crippen LogP contribution in [0.25, 0.3) is 0 Å². The molecule has 1 aromatic carbocycles. The average Bonchev–Trinajstić information content (AvgIpc) is 2.40. The summed E-state index contributed by atoms with van der Waals surface area (Å²) < 4.78 is 38.3. The molecule has 0 unspecified atom stereocenters. The molecule has 0 aliphatic carbocycles. The van der Waals surface area contributed by atoms with Crippen LogP contribution in [0.1, 0.15) is 15.9 Å². The van der Waals surface area contributed by atoms with E-state index in [9.17, 15) is 18.0 Å². The predicted octanol–water partition coefficient (Wildman–Crippen LogP) is 4.30. The van der Waals surface area contributed by atoms with Gasteiger partial charge in [0.2, 0.25) is 0 Å². The lowest BCUT2D eigenvalue weighted by atomic mass is 10.2. The van der Waals surface area contributed by atoms with Crippen LogP contribution in [0.3, 0.4) is 0 Å². The molecule has 2 N–H and O–H groups in total. The molecule has 1 aromatic heterocycles. The third-order valence-corrected chi connectivity index (χ3v) is 3.25. The molecule has 0 saturated heterocycles. The fraction of sp³-hybridized carbons (Fsp3) is 0.0769. The van der Waals surface area contributed by atoms with Crippen molar-refractivity contribution in [2.75, 3.05) is 5.32 Å². The first-order chi connectivity index (χ1) is 9.77. The van der Waals surface area contributed by atoms with E-state index in [-0.39, 0.29) is 21.5 Å². The third-order valence-electron chi connectivity index (χ3n) is 2.55. The van der Waals surface area contributed by atoms with Crippen molar-refractivity contribution in [3.05, 3.63) is 52.1 Å². The predicted molar refractivity (Wildman–Crippen MR) is 73.6 cm³/mol. The highest BCUT2D eigenvalue weighted by molar-refractivity contribution is 9.10. The zero-order chi connectivity index (χ0) is 15.6. The van der Waals surface area contributed by atoms with Crippen LogP contribution >= 0.6 is 15.9 Å². The molecular weight excluding hydrogens is 353 g/mol. The van der Waals surface area contributed by atoms with Crippen LogP contribution in [0.4, 0.5) is 24.7 Å². The van der Waals surface area contributed by atoms with Gasteiger partial charge in [-0.25, -0.2) is 9.78 Å². The summed E-state index contributed by atoms with van der Waals surface area (Å²) in [5, 5.41) is 11.4. The van der Waals surface area contributed by atoms with Crippen LogP contribution < -0.4 is 5.32 Å². The summed E-state index contributed by atoms with van der Waals surface area (Å²) in [4.78, 5) is 14.5. The highest BCUT2D eigenvalue weighted by Gasteiger charge is 2.33. The number of hydrogen-bond acceptors (Lipinski definition) is 3. The van der Waals surface area contributed by atoms with Crippen molar-refractivity contribution in [3.63, 3.8) is 0 Å². The first-order valence-corrected chi connectivity index (χ1v) is 6.40. The minimum Gasteiger partial charge on any atom is -0.478 e. The van der Waals surface area contributed by atoms with Crippen LogP contribution in [-0.4, -0.2) is 16.1 Å². The number of aromatic carboxylic acids is 1. The zero-order valence-corrected chi connectivity index (χ0v) is 11.9. The number of benzene rings is 1. The Labute approximate surface area is 125 Å². The van der Waals surface area contributed by atoms with Crippen LogP contribution in [0, 0.1) is 0 Å². The number of nitrogens with one attached hydrogen (secondary N) is 1. The lowest BCUT2D eigenvalue weighted by Crippen LogP contribution is -2.07. The number of alkyl halides is 3. The van der Waals surface area contributed by atoms with E-state index in [0.29, 0.717) is 0 Å².